The molecular weight excluding hydrogens is 313 g/mol. The molecule has 0 radical (unpaired) electrons. The van der Waals surface area contributed by atoms with Crippen molar-refractivity contribution >= 4 is 22.7 Å². The number of halogens is 1. The summed E-state index contributed by atoms with van der Waals surface area (Å²) in [4.78, 5) is 40.8. The fourth-order valence-electron chi connectivity index (χ4n) is 3.29. The quantitative estimate of drug-likeness (QED) is 0.865. The van der Waals surface area contributed by atoms with E-state index in [4.69, 9.17) is 5.73 Å². The summed E-state index contributed by atoms with van der Waals surface area (Å²) in [5.74, 6) is -1.45. The lowest BCUT2D eigenvalue weighted by molar-refractivity contribution is -0.121. The van der Waals surface area contributed by atoms with Crippen LogP contribution in [0.3, 0.4) is 0 Å². The van der Waals surface area contributed by atoms with Gasteiger partial charge in [0.15, 0.2) is 0 Å². The predicted molar refractivity (Wildman–Crippen MR) is 87.6 cm³/mol. The first kappa shape index (κ1) is 16.2. The van der Waals surface area contributed by atoms with Crippen LogP contribution in [0.2, 0.25) is 0 Å². The Morgan fingerprint density at radius 1 is 1.33 bits per heavy atom. The van der Waals surface area contributed by atoms with Crippen molar-refractivity contribution in [3.05, 3.63) is 45.2 Å². The molecule has 1 aromatic carbocycles. The summed E-state index contributed by atoms with van der Waals surface area (Å²) in [6.45, 7) is 3.48. The molecule has 1 aromatic heterocycles. The maximum absolute atomic E-state index is 13.6. The highest BCUT2D eigenvalue weighted by atomic mass is 19.1. The van der Waals surface area contributed by atoms with Crippen LogP contribution in [0.25, 0.3) is 10.9 Å². The molecular formula is C17H18FN3O3. The van der Waals surface area contributed by atoms with E-state index >= 15 is 0 Å². The Morgan fingerprint density at radius 3 is 2.71 bits per heavy atom. The molecule has 24 heavy (non-hydrogen) atoms. The number of carbonyl (C=O) groups excluding carboxylic acids is 2. The Bertz CT molecular complexity index is 906. The van der Waals surface area contributed by atoms with Gasteiger partial charge in [-0.2, -0.15) is 0 Å². The van der Waals surface area contributed by atoms with E-state index < -0.39 is 29.5 Å². The van der Waals surface area contributed by atoms with E-state index in [9.17, 15) is 18.8 Å². The minimum absolute atomic E-state index is 0.118. The molecule has 3 rings (SSSR count). The number of nitrogens with two attached hydrogens (primary N) is 1. The number of carbonyl (C=O) groups is 2. The van der Waals surface area contributed by atoms with E-state index in [1.165, 1.54) is 6.20 Å². The van der Waals surface area contributed by atoms with Crippen LogP contribution in [-0.4, -0.2) is 40.5 Å². The van der Waals surface area contributed by atoms with Crippen LogP contribution in [0.1, 0.15) is 27.9 Å². The van der Waals surface area contributed by atoms with Crippen LogP contribution >= 0.6 is 0 Å². The van der Waals surface area contributed by atoms with Crippen LogP contribution in [-0.2, 0) is 4.79 Å². The smallest absolute Gasteiger partial charge is 0.260 e. The fraction of sp³-hybridized carbons (Fsp3) is 0.353. The number of H-pyrrole nitrogens is 1. The van der Waals surface area contributed by atoms with E-state index in [1.807, 2.05) is 19.9 Å². The minimum atomic E-state index is -1.32. The number of likely N-dealkylation sites (tertiary alicyclic amines) is 1. The van der Waals surface area contributed by atoms with Gasteiger partial charge in [0.25, 0.3) is 5.91 Å². The second-order valence-corrected chi connectivity index (χ2v) is 6.24. The standard InChI is InChI=1S/C17H18FN3O3/c1-8-3-9(2)14-11(4-8)15(22)12(6-20-14)17(24)21-7-10(18)5-13(21)16(19)23/h3-4,6,10,13H,5,7H2,1-2H3,(H2,19,23)(H,20,22)/t10-,13+/m1/s1. The largest absolute Gasteiger partial charge is 0.368 e. The normalized spacial score (nSPS) is 20.5. The van der Waals surface area contributed by atoms with Gasteiger partial charge in [0.1, 0.15) is 17.8 Å². The predicted octanol–water partition coefficient (Wildman–Crippen LogP) is 1.18. The lowest BCUT2D eigenvalue weighted by atomic mass is 10.0. The number of hydrogen-bond donors (Lipinski definition) is 2. The van der Waals surface area contributed by atoms with E-state index in [-0.39, 0.29) is 18.5 Å². The number of rotatable bonds is 2. The highest BCUT2D eigenvalue weighted by Crippen LogP contribution is 2.23. The van der Waals surface area contributed by atoms with Crippen molar-refractivity contribution < 1.29 is 14.0 Å². The number of hydrogen-bond acceptors (Lipinski definition) is 3. The van der Waals surface area contributed by atoms with E-state index in [2.05, 4.69) is 4.98 Å². The number of primary amides is 1. The molecule has 126 valence electrons. The summed E-state index contributed by atoms with van der Waals surface area (Å²) < 4.78 is 13.6. The maximum Gasteiger partial charge on any atom is 0.260 e. The molecule has 0 aliphatic carbocycles. The first-order chi connectivity index (χ1) is 11.3. The van der Waals surface area contributed by atoms with Crippen molar-refractivity contribution in [2.75, 3.05) is 6.54 Å². The number of aromatic nitrogens is 1. The summed E-state index contributed by atoms with van der Waals surface area (Å²) >= 11 is 0. The molecule has 0 bridgehead atoms. The van der Waals surface area contributed by atoms with Crippen molar-refractivity contribution in [2.45, 2.75) is 32.5 Å². The van der Waals surface area contributed by atoms with Gasteiger partial charge in [-0.1, -0.05) is 6.07 Å². The van der Waals surface area contributed by atoms with Crippen molar-refractivity contribution in [1.82, 2.24) is 9.88 Å². The summed E-state index contributed by atoms with van der Waals surface area (Å²) in [5.41, 5.74) is 7.13. The SMILES string of the molecule is Cc1cc(C)c2[nH]cc(C(=O)N3C[C@H](F)C[C@H]3C(N)=O)c(=O)c2c1. The van der Waals surface area contributed by atoms with Gasteiger partial charge in [-0.3, -0.25) is 14.4 Å². The second kappa shape index (κ2) is 5.74. The highest BCUT2D eigenvalue weighted by Gasteiger charge is 2.39. The van der Waals surface area contributed by atoms with Gasteiger partial charge in [0, 0.05) is 18.0 Å². The number of pyridine rings is 1. The van der Waals surface area contributed by atoms with Gasteiger partial charge in [-0.05, 0) is 31.0 Å². The lowest BCUT2D eigenvalue weighted by Crippen LogP contribution is -2.45. The van der Waals surface area contributed by atoms with Crippen molar-refractivity contribution in [3.63, 3.8) is 0 Å². The van der Waals surface area contributed by atoms with Gasteiger partial charge >= 0.3 is 0 Å². The Labute approximate surface area is 137 Å². The molecule has 0 saturated carbocycles. The molecule has 1 aliphatic heterocycles. The number of aromatic amines is 1. The number of fused-ring (bicyclic) bond motifs is 1. The van der Waals surface area contributed by atoms with E-state index in [0.29, 0.717) is 10.9 Å². The molecule has 0 spiro atoms. The zero-order valence-corrected chi connectivity index (χ0v) is 13.4. The summed E-state index contributed by atoms with van der Waals surface area (Å²) in [7, 11) is 0. The monoisotopic (exact) mass is 331 g/mol. The Hall–Kier alpha value is -2.70. The molecule has 6 nitrogen and oxygen atoms in total. The average molecular weight is 331 g/mol. The number of benzene rings is 1. The molecule has 1 aliphatic rings. The Morgan fingerprint density at radius 2 is 2.04 bits per heavy atom. The molecule has 7 heteroatoms. The van der Waals surface area contributed by atoms with Crippen LogP contribution in [0.15, 0.2) is 23.1 Å². The first-order valence-corrected chi connectivity index (χ1v) is 7.66. The third-order valence-corrected chi connectivity index (χ3v) is 4.40. The fourth-order valence-corrected chi connectivity index (χ4v) is 3.29. The van der Waals surface area contributed by atoms with Gasteiger partial charge in [-0.25, -0.2) is 4.39 Å². The number of alkyl halides is 1. The molecule has 0 unspecified atom stereocenters. The van der Waals surface area contributed by atoms with Crippen LogP contribution in [0.4, 0.5) is 4.39 Å². The number of nitrogens with zero attached hydrogens (tertiary/aromatic N) is 1. The van der Waals surface area contributed by atoms with Crippen LogP contribution in [0.5, 0.6) is 0 Å². The Kier molecular flexibility index (Phi) is 3.87. The zero-order chi connectivity index (χ0) is 17.6. The topological polar surface area (TPSA) is 96.3 Å². The van der Waals surface area contributed by atoms with Crippen LogP contribution in [0, 0.1) is 13.8 Å². The molecule has 2 heterocycles. The van der Waals surface area contributed by atoms with Crippen molar-refractivity contribution in [3.8, 4) is 0 Å². The van der Waals surface area contributed by atoms with Crippen molar-refractivity contribution in [1.29, 1.82) is 0 Å². The maximum atomic E-state index is 13.6. The molecule has 1 saturated heterocycles. The second-order valence-electron chi connectivity index (χ2n) is 6.24. The van der Waals surface area contributed by atoms with E-state index in [1.54, 1.807) is 6.07 Å². The Balaban J connectivity index is 2.09. The summed E-state index contributed by atoms with van der Waals surface area (Å²) in [5, 5.41) is 0.393. The van der Waals surface area contributed by atoms with Gasteiger partial charge < -0.3 is 15.6 Å². The van der Waals surface area contributed by atoms with Gasteiger partial charge in [0.2, 0.25) is 11.3 Å². The summed E-state index contributed by atoms with van der Waals surface area (Å²) in [6.07, 6.45) is -0.139. The van der Waals surface area contributed by atoms with E-state index in [0.717, 1.165) is 16.0 Å². The third kappa shape index (κ3) is 2.55. The third-order valence-electron chi connectivity index (χ3n) is 4.40. The molecule has 2 aromatic rings. The first-order valence-electron chi connectivity index (χ1n) is 7.66. The molecule has 1 fully saturated rings. The number of aryl methyl sites for hydroxylation is 2. The molecule has 3 N–H and O–H groups in total. The van der Waals surface area contributed by atoms with Crippen LogP contribution < -0.4 is 11.2 Å². The average Bonchev–Trinajstić information content (AvgIpc) is 2.90. The van der Waals surface area contributed by atoms with Crippen molar-refractivity contribution in [2.24, 2.45) is 5.73 Å². The minimum Gasteiger partial charge on any atom is -0.368 e. The van der Waals surface area contributed by atoms with Gasteiger partial charge in [-0.15, -0.1) is 0 Å². The summed E-state index contributed by atoms with van der Waals surface area (Å²) in [6, 6.07) is 2.60. The number of nitrogens with one attached hydrogen (secondary N) is 1. The molecule has 2 amide bonds. The lowest BCUT2D eigenvalue weighted by Gasteiger charge is -2.21. The number of amides is 2. The zero-order valence-electron chi connectivity index (χ0n) is 13.4. The highest BCUT2D eigenvalue weighted by molar-refractivity contribution is 6.00. The molecule has 2 atom stereocenters. The van der Waals surface area contributed by atoms with Gasteiger partial charge in [0.05, 0.1) is 12.1 Å².